The molecule has 1 saturated heterocycles. The third kappa shape index (κ3) is 3.66. The summed E-state index contributed by atoms with van der Waals surface area (Å²) in [5, 5.41) is 2.75. The molecule has 1 aliphatic heterocycles. The molecule has 8 heteroatoms. The highest BCUT2D eigenvalue weighted by molar-refractivity contribution is 5.97. The first-order valence-corrected chi connectivity index (χ1v) is 8.85. The van der Waals surface area contributed by atoms with Gasteiger partial charge in [-0.25, -0.2) is 4.68 Å². The number of nitrogens with one attached hydrogen (secondary N) is 1. The first-order chi connectivity index (χ1) is 12.9. The molecule has 0 aliphatic carbocycles. The van der Waals surface area contributed by atoms with Crippen LogP contribution < -0.4 is 10.9 Å². The molecule has 1 unspecified atom stereocenters. The van der Waals surface area contributed by atoms with Gasteiger partial charge in [0.15, 0.2) is 0 Å². The number of aromatic nitrogens is 2. The van der Waals surface area contributed by atoms with Gasteiger partial charge in [0, 0.05) is 33.7 Å². The summed E-state index contributed by atoms with van der Waals surface area (Å²) in [4.78, 5) is 39.2. The fourth-order valence-corrected chi connectivity index (χ4v) is 3.30. The molecule has 27 heavy (non-hydrogen) atoms. The summed E-state index contributed by atoms with van der Waals surface area (Å²) in [6, 6.07) is 9.23. The molecule has 0 bridgehead atoms. The van der Waals surface area contributed by atoms with Crippen LogP contribution in [0.2, 0.25) is 0 Å². The van der Waals surface area contributed by atoms with E-state index < -0.39 is 5.92 Å². The Hall–Kier alpha value is -2.87. The molecule has 1 fully saturated rings. The Balaban J connectivity index is 1.80. The molecule has 0 radical (unpaired) electrons. The quantitative estimate of drug-likeness (QED) is 0.817. The van der Waals surface area contributed by atoms with Gasteiger partial charge in [-0.2, -0.15) is 0 Å². The second-order valence-corrected chi connectivity index (χ2v) is 6.66. The molecule has 2 amide bonds. The topological polar surface area (TPSA) is 85.6 Å². The summed E-state index contributed by atoms with van der Waals surface area (Å²) < 4.78 is 8.21. The van der Waals surface area contributed by atoms with Crippen molar-refractivity contribution in [2.24, 2.45) is 13.0 Å². The molecular formula is C19H24N4O4. The lowest BCUT2D eigenvalue weighted by molar-refractivity contribution is -0.128. The average Bonchev–Trinajstić information content (AvgIpc) is 3.13. The Kier molecular flexibility index (Phi) is 5.46. The first-order valence-electron chi connectivity index (χ1n) is 8.85. The van der Waals surface area contributed by atoms with E-state index in [4.69, 9.17) is 4.74 Å². The molecule has 1 atom stereocenters. The molecule has 2 heterocycles. The van der Waals surface area contributed by atoms with Crippen molar-refractivity contribution in [3.8, 4) is 5.69 Å². The van der Waals surface area contributed by atoms with E-state index in [1.165, 1.54) is 4.68 Å². The van der Waals surface area contributed by atoms with E-state index in [1.54, 1.807) is 30.7 Å². The van der Waals surface area contributed by atoms with Gasteiger partial charge in [-0.15, -0.1) is 0 Å². The Morgan fingerprint density at radius 3 is 2.63 bits per heavy atom. The van der Waals surface area contributed by atoms with Gasteiger partial charge >= 0.3 is 0 Å². The third-order valence-corrected chi connectivity index (χ3v) is 4.95. The summed E-state index contributed by atoms with van der Waals surface area (Å²) in [7, 11) is 3.34. The molecule has 0 spiro atoms. The van der Waals surface area contributed by atoms with Crippen molar-refractivity contribution in [3.63, 3.8) is 0 Å². The molecular weight excluding hydrogens is 348 g/mol. The van der Waals surface area contributed by atoms with Crippen LogP contribution in [0.4, 0.5) is 5.69 Å². The number of methoxy groups -OCH3 is 1. The molecule has 2 aromatic rings. The number of para-hydroxylation sites is 1. The van der Waals surface area contributed by atoms with Crippen LogP contribution >= 0.6 is 0 Å². The van der Waals surface area contributed by atoms with Crippen molar-refractivity contribution in [1.29, 1.82) is 0 Å². The Morgan fingerprint density at radius 2 is 1.96 bits per heavy atom. The number of carbonyl (C=O) groups excluding carboxylic acids is 2. The second-order valence-electron chi connectivity index (χ2n) is 6.66. The maximum Gasteiger partial charge on any atom is 0.295 e. The molecule has 1 N–H and O–H groups in total. The first kappa shape index (κ1) is 18.9. The van der Waals surface area contributed by atoms with E-state index >= 15 is 0 Å². The van der Waals surface area contributed by atoms with Crippen molar-refractivity contribution in [3.05, 3.63) is 46.4 Å². The van der Waals surface area contributed by atoms with Gasteiger partial charge in [0.1, 0.15) is 5.69 Å². The molecule has 1 aliphatic rings. The van der Waals surface area contributed by atoms with Crippen LogP contribution in [0, 0.1) is 12.8 Å². The summed E-state index contributed by atoms with van der Waals surface area (Å²) in [5.74, 6) is -0.855. The van der Waals surface area contributed by atoms with Crippen LogP contribution in [0.1, 0.15) is 12.1 Å². The summed E-state index contributed by atoms with van der Waals surface area (Å²) in [5.41, 5.74) is 1.32. The van der Waals surface area contributed by atoms with E-state index in [9.17, 15) is 14.4 Å². The average molecular weight is 372 g/mol. The van der Waals surface area contributed by atoms with Crippen molar-refractivity contribution < 1.29 is 14.3 Å². The highest BCUT2D eigenvalue weighted by Gasteiger charge is 2.34. The smallest absolute Gasteiger partial charge is 0.295 e. The van der Waals surface area contributed by atoms with Crippen LogP contribution in [-0.2, 0) is 21.4 Å². The lowest BCUT2D eigenvalue weighted by Gasteiger charge is -2.15. The van der Waals surface area contributed by atoms with Crippen LogP contribution in [0.25, 0.3) is 5.69 Å². The number of ether oxygens (including phenoxy) is 1. The molecule has 3 rings (SSSR count). The highest BCUT2D eigenvalue weighted by Crippen LogP contribution is 2.20. The zero-order valence-corrected chi connectivity index (χ0v) is 15.8. The lowest BCUT2D eigenvalue weighted by atomic mass is 10.1. The summed E-state index contributed by atoms with van der Waals surface area (Å²) >= 11 is 0. The fraction of sp³-hybridized carbons (Fsp3) is 0.421. The molecule has 144 valence electrons. The van der Waals surface area contributed by atoms with Gasteiger partial charge in [0.2, 0.25) is 11.8 Å². The van der Waals surface area contributed by atoms with Gasteiger partial charge in [0.05, 0.1) is 23.9 Å². The number of likely N-dealkylation sites (tertiary alicyclic amines) is 1. The summed E-state index contributed by atoms with van der Waals surface area (Å²) in [6.07, 6.45) is 0.147. The predicted molar refractivity (Wildman–Crippen MR) is 101 cm³/mol. The van der Waals surface area contributed by atoms with Gasteiger partial charge < -0.3 is 15.0 Å². The molecule has 1 aromatic heterocycles. The summed E-state index contributed by atoms with van der Waals surface area (Å²) in [6.45, 7) is 3.01. The minimum Gasteiger partial charge on any atom is -0.383 e. The van der Waals surface area contributed by atoms with Crippen molar-refractivity contribution in [2.75, 3.05) is 32.1 Å². The monoisotopic (exact) mass is 372 g/mol. The van der Waals surface area contributed by atoms with Crippen LogP contribution in [-0.4, -0.2) is 52.9 Å². The number of hydrogen-bond acceptors (Lipinski definition) is 4. The van der Waals surface area contributed by atoms with Crippen molar-refractivity contribution in [1.82, 2.24) is 14.3 Å². The standard InChI is InChI=1S/C19H24N4O4/c1-13-17(19(26)23(21(13)2)15-7-5-4-6-8-15)20-18(25)14-11-16(24)22(12-14)9-10-27-3/h4-8,14H,9-12H2,1-3H3,(H,20,25). The van der Waals surface area contributed by atoms with Crippen LogP contribution in [0.15, 0.2) is 35.1 Å². The van der Waals surface area contributed by atoms with E-state index in [1.807, 2.05) is 30.3 Å². The van der Waals surface area contributed by atoms with Crippen molar-refractivity contribution in [2.45, 2.75) is 13.3 Å². The van der Waals surface area contributed by atoms with Gasteiger partial charge in [-0.05, 0) is 19.1 Å². The zero-order chi connectivity index (χ0) is 19.6. The Morgan fingerprint density at radius 1 is 1.26 bits per heavy atom. The van der Waals surface area contributed by atoms with Gasteiger partial charge in [0.25, 0.3) is 5.56 Å². The predicted octanol–water partition coefficient (Wildman–Crippen LogP) is 0.918. The van der Waals surface area contributed by atoms with E-state index in [2.05, 4.69) is 5.32 Å². The number of hydrogen-bond donors (Lipinski definition) is 1. The minimum absolute atomic E-state index is 0.0707. The van der Waals surface area contributed by atoms with Crippen LogP contribution in [0.5, 0.6) is 0 Å². The maximum absolute atomic E-state index is 12.9. The lowest BCUT2D eigenvalue weighted by Crippen LogP contribution is -2.31. The molecule has 1 aromatic carbocycles. The molecule has 8 nitrogen and oxygen atoms in total. The Labute approximate surface area is 157 Å². The number of benzene rings is 1. The fourth-order valence-electron chi connectivity index (χ4n) is 3.30. The normalized spacial score (nSPS) is 16.8. The van der Waals surface area contributed by atoms with E-state index in [-0.39, 0.29) is 29.5 Å². The number of amides is 2. The second kappa shape index (κ2) is 7.79. The molecule has 0 saturated carbocycles. The SMILES string of the molecule is COCCN1CC(C(=O)Nc2c(C)n(C)n(-c3ccccc3)c2=O)CC1=O. The minimum atomic E-state index is -0.474. The van der Waals surface area contributed by atoms with Gasteiger partial charge in [-0.3, -0.25) is 19.1 Å². The number of nitrogens with zero attached hydrogens (tertiary/aromatic N) is 3. The number of carbonyl (C=O) groups is 2. The maximum atomic E-state index is 12.9. The van der Waals surface area contributed by atoms with Gasteiger partial charge in [-0.1, -0.05) is 18.2 Å². The largest absolute Gasteiger partial charge is 0.383 e. The number of rotatable bonds is 6. The van der Waals surface area contributed by atoms with E-state index in [0.717, 1.165) is 5.69 Å². The third-order valence-electron chi connectivity index (χ3n) is 4.95. The highest BCUT2D eigenvalue weighted by atomic mass is 16.5. The number of anilines is 1. The Bertz CT molecular complexity index is 900. The van der Waals surface area contributed by atoms with E-state index in [0.29, 0.717) is 25.4 Å². The van der Waals surface area contributed by atoms with Crippen molar-refractivity contribution >= 4 is 17.5 Å². The van der Waals surface area contributed by atoms with Crippen LogP contribution in [0.3, 0.4) is 0 Å². The zero-order valence-electron chi connectivity index (χ0n) is 15.8.